The molecular weight excluding hydrogens is 537 g/mol. The number of rotatable bonds is 6. The smallest absolute Gasteiger partial charge is 0.257 e. The van der Waals surface area contributed by atoms with Crippen molar-refractivity contribution < 1.29 is 28.2 Å². The Hall–Kier alpha value is -3.95. The van der Waals surface area contributed by atoms with Crippen LogP contribution in [-0.4, -0.2) is 54.5 Å². The molecule has 40 heavy (non-hydrogen) atoms. The van der Waals surface area contributed by atoms with Gasteiger partial charge in [0.05, 0.1) is 24.1 Å². The van der Waals surface area contributed by atoms with Gasteiger partial charge in [-0.05, 0) is 60.9 Å². The number of anilines is 1. The highest BCUT2D eigenvalue weighted by molar-refractivity contribution is 6.31. The first-order chi connectivity index (χ1) is 19.3. The predicted octanol–water partition coefficient (Wildman–Crippen LogP) is 4.82. The molecule has 2 aliphatic rings. The number of hydrogen-bond acceptors (Lipinski definition) is 5. The molecule has 3 amide bonds. The number of carbonyl (C=O) groups is 3. The number of hydrogen-bond donors (Lipinski definition) is 2. The molecule has 0 saturated carbocycles. The maximum Gasteiger partial charge on any atom is 0.257 e. The van der Waals surface area contributed by atoms with Crippen LogP contribution in [0.25, 0.3) is 0 Å². The summed E-state index contributed by atoms with van der Waals surface area (Å²) in [6.45, 7) is 0.529. The van der Waals surface area contributed by atoms with Crippen LogP contribution in [0.4, 0.5) is 10.1 Å². The van der Waals surface area contributed by atoms with Crippen LogP contribution in [0.15, 0.2) is 66.7 Å². The van der Waals surface area contributed by atoms with Crippen LogP contribution in [0.1, 0.15) is 45.5 Å². The zero-order chi connectivity index (χ0) is 28.2. The molecule has 2 heterocycles. The van der Waals surface area contributed by atoms with E-state index in [1.807, 2.05) is 18.2 Å². The van der Waals surface area contributed by atoms with Gasteiger partial charge in [0, 0.05) is 29.9 Å². The van der Waals surface area contributed by atoms with Gasteiger partial charge in [-0.1, -0.05) is 35.9 Å². The van der Waals surface area contributed by atoms with E-state index < -0.39 is 17.8 Å². The van der Waals surface area contributed by atoms with Crippen molar-refractivity contribution >= 4 is 35.0 Å². The molecule has 5 rings (SSSR count). The predicted molar refractivity (Wildman–Crippen MR) is 148 cm³/mol. The zero-order valence-electron chi connectivity index (χ0n) is 21.9. The summed E-state index contributed by atoms with van der Waals surface area (Å²) in [6, 6.07) is 17.3. The average molecular weight is 566 g/mol. The van der Waals surface area contributed by atoms with Crippen molar-refractivity contribution in [2.45, 2.75) is 44.1 Å². The maximum absolute atomic E-state index is 13.5. The summed E-state index contributed by atoms with van der Waals surface area (Å²) < 4.78 is 25.8. The largest absolute Gasteiger partial charge is 0.490 e. The van der Waals surface area contributed by atoms with Gasteiger partial charge in [-0.3, -0.25) is 14.4 Å². The van der Waals surface area contributed by atoms with Gasteiger partial charge in [0.2, 0.25) is 5.91 Å². The summed E-state index contributed by atoms with van der Waals surface area (Å²) in [5, 5.41) is 6.20. The van der Waals surface area contributed by atoms with Gasteiger partial charge in [-0.15, -0.1) is 0 Å². The lowest BCUT2D eigenvalue weighted by Crippen LogP contribution is -2.53. The van der Waals surface area contributed by atoms with Crippen LogP contribution in [-0.2, 0) is 16.1 Å². The molecule has 3 aromatic carbocycles. The number of nitrogens with zero attached hydrogens (tertiary/aromatic N) is 1. The maximum atomic E-state index is 13.5. The Morgan fingerprint density at radius 3 is 2.70 bits per heavy atom. The molecule has 8 nitrogen and oxygen atoms in total. The van der Waals surface area contributed by atoms with E-state index in [0.29, 0.717) is 41.4 Å². The molecular formula is C30H29ClFN3O5. The van der Waals surface area contributed by atoms with Crippen molar-refractivity contribution in [1.29, 1.82) is 0 Å². The fraction of sp³-hybridized carbons (Fsp3) is 0.300. The summed E-state index contributed by atoms with van der Waals surface area (Å²) in [5.74, 6) is -1.05. The highest BCUT2D eigenvalue weighted by Gasteiger charge is 2.39. The Bertz CT molecular complexity index is 1430. The van der Waals surface area contributed by atoms with Crippen LogP contribution >= 0.6 is 11.6 Å². The first kappa shape index (κ1) is 27.6. The average Bonchev–Trinajstić information content (AvgIpc) is 2.95. The Balaban J connectivity index is 1.22. The van der Waals surface area contributed by atoms with E-state index in [9.17, 15) is 18.8 Å². The minimum Gasteiger partial charge on any atom is -0.490 e. The lowest BCUT2D eigenvalue weighted by atomic mass is 9.94. The number of amides is 3. The molecule has 1 saturated heterocycles. The van der Waals surface area contributed by atoms with E-state index in [-0.39, 0.29) is 42.6 Å². The van der Waals surface area contributed by atoms with E-state index in [1.165, 1.54) is 18.2 Å². The van der Waals surface area contributed by atoms with Gasteiger partial charge in [-0.2, -0.15) is 0 Å². The molecule has 3 aromatic rings. The first-order valence-corrected chi connectivity index (χ1v) is 13.4. The third-order valence-electron chi connectivity index (χ3n) is 7.20. The van der Waals surface area contributed by atoms with E-state index in [0.717, 1.165) is 11.6 Å². The number of benzene rings is 3. The Kier molecular flexibility index (Phi) is 8.32. The van der Waals surface area contributed by atoms with Crippen molar-refractivity contribution in [3.05, 3.63) is 94.3 Å². The standard InChI is InChI=1S/C30H29ClFN3O5/c1-35-25-11-10-22(15-28(36)33-16-19-5-2-3-8-24(19)31)40-27(25)17-39-26-12-9-21(14-23(26)30(35)38)34-29(37)18-6-4-7-20(32)13-18/h2-9,12-14,22,25,27H,10-11,15-17H2,1H3,(H,33,36)(H,34,37)/t22-,25+,27-/m0/s1. The summed E-state index contributed by atoms with van der Waals surface area (Å²) in [6.07, 6.45) is 0.721. The van der Waals surface area contributed by atoms with Gasteiger partial charge in [0.1, 0.15) is 24.3 Å². The topological polar surface area (TPSA) is 97.0 Å². The molecule has 2 N–H and O–H groups in total. The second kappa shape index (κ2) is 12.1. The summed E-state index contributed by atoms with van der Waals surface area (Å²) >= 11 is 6.17. The first-order valence-electron chi connectivity index (χ1n) is 13.0. The molecule has 0 radical (unpaired) electrons. The van der Waals surface area contributed by atoms with E-state index in [1.54, 1.807) is 36.2 Å². The van der Waals surface area contributed by atoms with Gasteiger partial charge in [-0.25, -0.2) is 4.39 Å². The minimum absolute atomic E-state index is 0.141. The van der Waals surface area contributed by atoms with E-state index in [2.05, 4.69) is 10.6 Å². The lowest BCUT2D eigenvalue weighted by molar-refractivity contribution is -0.134. The molecule has 0 spiro atoms. The molecule has 2 aliphatic heterocycles. The zero-order valence-corrected chi connectivity index (χ0v) is 22.6. The third kappa shape index (κ3) is 6.26. The second-order valence-corrected chi connectivity index (χ2v) is 10.3. The molecule has 208 valence electrons. The van der Waals surface area contributed by atoms with Crippen molar-refractivity contribution in [3.63, 3.8) is 0 Å². The van der Waals surface area contributed by atoms with Crippen LogP contribution in [0.5, 0.6) is 5.75 Å². The van der Waals surface area contributed by atoms with Crippen LogP contribution in [0.2, 0.25) is 5.02 Å². The SMILES string of the molecule is CN1C(=O)c2cc(NC(=O)c3cccc(F)c3)ccc2OC[C@@H]2O[C@H](CC(=O)NCc3ccccc3Cl)CC[C@H]21. The Morgan fingerprint density at radius 1 is 1.07 bits per heavy atom. The minimum atomic E-state index is -0.514. The number of fused-ring (bicyclic) bond motifs is 2. The number of halogens is 2. The van der Waals surface area contributed by atoms with Crippen LogP contribution in [0.3, 0.4) is 0 Å². The molecule has 0 unspecified atom stereocenters. The molecule has 0 bridgehead atoms. The number of nitrogens with one attached hydrogen (secondary N) is 2. The quantitative estimate of drug-likeness (QED) is 0.447. The molecule has 3 atom stereocenters. The second-order valence-electron chi connectivity index (χ2n) is 9.92. The molecule has 10 heteroatoms. The molecule has 0 aliphatic carbocycles. The normalized spacial score (nSPS) is 20.3. The highest BCUT2D eigenvalue weighted by Crippen LogP contribution is 2.32. The monoisotopic (exact) mass is 565 g/mol. The summed E-state index contributed by atoms with van der Waals surface area (Å²) in [4.78, 5) is 40.3. The summed E-state index contributed by atoms with van der Waals surface area (Å²) in [5.41, 5.74) is 1.70. The van der Waals surface area contributed by atoms with Crippen molar-refractivity contribution in [2.75, 3.05) is 19.0 Å². The Labute approximate surface area is 236 Å². The summed E-state index contributed by atoms with van der Waals surface area (Å²) in [7, 11) is 1.72. The van der Waals surface area contributed by atoms with Gasteiger partial charge < -0.3 is 25.0 Å². The molecule has 1 fully saturated rings. The third-order valence-corrected chi connectivity index (χ3v) is 7.57. The van der Waals surface area contributed by atoms with Gasteiger partial charge >= 0.3 is 0 Å². The van der Waals surface area contributed by atoms with Crippen molar-refractivity contribution in [3.8, 4) is 5.75 Å². The van der Waals surface area contributed by atoms with Crippen LogP contribution in [0, 0.1) is 5.82 Å². The lowest BCUT2D eigenvalue weighted by Gasteiger charge is -2.42. The highest BCUT2D eigenvalue weighted by atomic mass is 35.5. The van der Waals surface area contributed by atoms with Crippen LogP contribution < -0.4 is 15.4 Å². The van der Waals surface area contributed by atoms with Crippen molar-refractivity contribution in [1.82, 2.24) is 10.2 Å². The van der Waals surface area contributed by atoms with Crippen molar-refractivity contribution in [2.24, 2.45) is 0 Å². The van der Waals surface area contributed by atoms with E-state index in [4.69, 9.17) is 21.1 Å². The number of carbonyl (C=O) groups excluding carboxylic acids is 3. The fourth-order valence-electron chi connectivity index (χ4n) is 5.05. The van der Waals surface area contributed by atoms with Gasteiger partial charge in [0.25, 0.3) is 11.8 Å². The van der Waals surface area contributed by atoms with Gasteiger partial charge in [0.15, 0.2) is 0 Å². The van der Waals surface area contributed by atoms with E-state index >= 15 is 0 Å². The number of ether oxygens (including phenoxy) is 2. The number of likely N-dealkylation sites (N-methyl/N-ethyl adjacent to an activating group) is 1. The Morgan fingerprint density at radius 2 is 1.90 bits per heavy atom. The molecule has 0 aromatic heterocycles. The fourth-order valence-corrected chi connectivity index (χ4v) is 5.26.